The molecular formula is C22H28BrNO2S. The first-order chi connectivity index (χ1) is 12.9. The van der Waals surface area contributed by atoms with Crippen molar-refractivity contribution in [3.8, 4) is 0 Å². The van der Waals surface area contributed by atoms with Crippen LogP contribution in [0.1, 0.15) is 50.2 Å². The second kappa shape index (κ2) is 10.7. The van der Waals surface area contributed by atoms with E-state index in [1.165, 1.54) is 17.1 Å². The standard InChI is InChI=1S/C22H28BrNO2S/c1-3-4-5-6-10-13-22(23)24(18-20-11-8-7-9-12-20)27(25,26)21-16-14-19(2)15-17-21/h7-9,11-17H,3-6,10,18H2,1-2H3/b22-13-. The van der Waals surface area contributed by atoms with Gasteiger partial charge < -0.3 is 0 Å². The van der Waals surface area contributed by atoms with E-state index >= 15 is 0 Å². The van der Waals surface area contributed by atoms with E-state index in [0.29, 0.717) is 16.0 Å². The Kier molecular flexibility index (Phi) is 8.58. The molecule has 0 spiro atoms. The number of benzene rings is 2. The lowest BCUT2D eigenvalue weighted by molar-refractivity contribution is 0.489. The number of halogens is 1. The number of rotatable bonds is 10. The van der Waals surface area contributed by atoms with Crippen molar-refractivity contribution in [3.63, 3.8) is 0 Å². The van der Waals surface area contributed by atoms with Gasteiger partial charge in [0.15, 0.2) is 0 Å². The first-order valence-electron chi connectivity index (χ1n) is 9.44. The Hall–Kier alpha value is -1.59. The average Bonchev–Trinajstić information content (AvgIpc) is 2.67. The number of hydrogen-bond acceptors (Lipinski definition) is 2. The quantitative estimate of drug-likeness (QED) is 0.311. The lowest BCUT2D eigenvalue weighted by atomic mass is 10.1. The molecule has 0 aliphatic heterocycles. The van der Waals surface area contributed by atoms with E-state index in [9.17, 15) is 8.42 Å². The maximum atomic E-state index is 13.3. The van der Waals surface area contributed by atoms with Crippen LogP contribution in [0.5, 0.6) is 0 Å². The Labute approximate surface area is 172 Å². The van der Waals surface area contributed by atoms with E-state index in [-0.39, 0.29) is 0 Å². The maximum Gasteiger partial charge on any atom is 0.265 e. The highest BCUT2D eigenvalue weighted by molar-refractivity contribution is 9.11. The van der Waals surface area contributed by atoms with Crippen LogP contribution in [-0.4, -0.2) is 12.7 Å². The summed E-state index contributed by atoms with van der Waals surface area (Å²) in [6, 6.07) is 16.7. The minimum atomic E-state index is -3.64. The molecule has 5 heteroatoms. The second-order valence-corrected chi connectivity index (χ2v) is 9.36. The van der Waals surface area contributed by atoms with Crippen molar-refractivity contribution >= 4 is 26.0 Å². The van der Waals surface area contributed by atoms with Crippen LogP contribution in [0, 0.1) is 6.92 Å². The normalized spacial score (nSPS) is 12.2. The van der Waals surface area contributed by atoms with E-state index in [4.69, 9.17) is 0 Å². The second-order valence-electron chi connectivity index (χ2n) is 6.69. The molecule has 3 nitrogen and oxygen atoms in total. The molecule has 2 aromatic carbocycles. The molecule has 2 aromatic rings. The summed E-state index contributed by atoms with van der Waals surface area (Å²) >= 11 is 3.53. The first-order valence-corrected chi connectivity index (χ1v) is 11.7. The third kappa shape index (κ3) is 6.51. The van der Waals surface area contributed by atoms with Gasteiger partial charge in [0.1, 0.15) is 0 Å². The fraction of sp³-hybridized carbons (Fsp3) is 0.364. The third-order valence-electron chi connectivity index (χ3n) is 4.39. The van der Waals surface area contributed by atoms with Crippen molar-refractivity contribution in [2.75, 3.05) is 0 Å². The van der Waals surface area contributed by atoms with E-state index in [1.54, 1.807) is 12.1 Å². The lowest BCUT2D eigenvalue weighted by Gasteiger charge is -2.24. The van der Waals surface area contributed by atoms with Gasteiger partial charge in [0.2, 0.25) is 0 Å². The zero-order chi connectivity index (χ0) is 19.7. The van der Waals surface area contributed by atoms with Crippen molar-refractivity contribution in [2.45, 2.75) is 57.4 Å². The molecular weight excluding hydrogens is 422 g/mol. The molecule has 0 aliphatic rings. The smallest absolute Gasteiger partial charge is 0.256 e. The van der Waals surface area contributed by atoms with E-state index in [1.807, 2.05) is 55.5 Å². The number of sulfonamides is 1. The fourth-order valence-electron chi connectivity index (χ4n) is 2.76. The number of nitrogens with zero attached hydrogens (tertiary/aromatic N) is 1. The van der Waals surface area contributed by atoms with E-state index in [0.717, 1.165) is 30.4 Å². The Bertz CT molecular complexity index is 830. The Morgan fingerprint density at radius 1 is 1.00 bits per heavy atom. The largest absolute Gasteiger partial charge is 0.265 e. The van der Waals surface area contributed by atoms with Gasteiger partial charge in [-0.1, -0.05) is 80.3 Å². The fourth-order valence-corrected chi connectivity index (χ4v) is 5.04. The molecule has 0 amide bonds. The Morgan fingerprint density at radius 2 is 1.67 bits per heavy atom. The summed E-state index contributed by atoms with van der Waals surface area (Å²) < 4.78 is 28.6. The maximum absolute atomic E-state index is 13.3. The predicted octanol–water partition coefficient (Wildman–Crippen LogP) is 6.39. The molecule has 0 aliphatic carbocycles. The highest BCUT2D eigenvalue weighted by Gasteiger charge is 2.25. The number of hydrogen-bond donors (Lipinski definition) is 0. The van der Waals surface area contributed by atoms with Crippen LogP contribution in [0.2, 0.25) is 0 Å². The molecule has 0 bridgehead atoms. The number of allylic oxidation sites excluding steroid dienone is 1. The van der Waals surface area contributed by atoms with Crippen molar-refractivity contribution < 1.29 is 8.42 Å². The number of aryl methyl sites for hydroxylation is 1. The molecule has 0 radical (unpaired) electrons. The first kappa shape index (κ1) is 21.7. The summed E-state index contributed by atoms with van der Waals surface area (Å²) in [6.07, 6.45) is 7.46. The van der Waals surface area contributed by atoms with Crippen molar-refractivity contribution in [1.29, 1.82) is 0 Å². The summed E-state index contributed by atoms with van der Waals surface area (Å²) in [5.41, 5.74) is 1.98. The molecule has 2 rings (SSSR count). The van der Waals surface area contributed by atoms with Gasteiger partial charge in [-0.3, -0.25) is 4.31 Å². The van der Waals surface area contributed by atoms with Gasteiger partial charge in [0.25, 0.3) is 10.0 Å². The average molecular weight is 450 g/mol. The summed E-state index contributed by atoms with van der Waals surface area (Å²) in [4.78, 5) is 0.306. The van der Waals surface area contributed by atoms with Crippen molar-refractivity contribution in [1.82, 2.24) is 4.31 Å². The number of unbranched alkanes of at least 4 members (excludes halogenated alkanes) is 4. The van der Waals surface area contributed by atoms with Crippen LogP contribution in [0.25, 0.3) is 0 Å². The lowest BCUT2D eigenvalue weighted by Crippen LogP contribution is -2.28. The van der Waals surface area contributed by atoms with Crippen molar-refractivity contribution in [3.05, 3.63) is 76.4 Å². The highest BCUT2D eigenvalue weighted by atomic mass is 79.9. The van der Waals surface area contributed by atoms with Crippen LogP contribution >= 0.6 is 15.9 Å². The molecule has 27 heavy (non-hydrogen) atoms. The predicted molar refractivity (Wildman–Crippen MR) is 116 cm³/mol. The van der Waals surface area contributed by atoms with E-state index in [2.05, 4.69) is 22.9 Å². The minimum absolute atomic E-state index is 0.295. The summed E-state index contributed by atoms with van der Waals surface area (Å²) in [5.74, 6) is 0. The van der Waals surface area contributed by atoms with Crippen LogP contribution in [0.3, 0.4) is 0 Å². The topological polar surface area (TPSA) is 37.4 Å². The molecule has 0 fully saturated rings. The monoisotopic (exact) mass is 449 g/mol. The van der Waals surface area contributed by atoms with Gasteiger partial charge in [-0.25, -0.2) is 8.42 Å². The van der Waals surface area contributed by atoms with Gasteiger partial charge >= 0.3 is 0 Å². The molecule has 0 aromatic heterocycles. The van der Waals surface area contributed by atoms with E-state index < -0.39 is 10.0 Å². The van der Waals surface area contributed by atoms with Gasteiger partial charge in [-0.15, -0.1) is 0 Å². The Morgan fingerprint density at radius 3 is 2.30 bits per heavy atom. The van der Waals surface area contributed by atoms with Gasteiger partial charge in [0, 0.05) is 0 Å². The van der Waals surface area contributed by atoms with Crippen LogP contribution in [-0.2, 0) is 16.6 Å². The van der Waals surface area contributed by atoms with Gasteiger partial charge in [0.05, 0.1) is 16.0 Å². The molecule has 146 valence electrons. The summed E-state index contributed by atoms with van der Waals surface area (Å²) in [6.45, 7) is 4.43. The summed E-state index contributed by atoms with van der Waals surface area (Å²) in [5, 5.41) is 0. The van der Waals surface area contributed by atoms with Gasteiger partial charge in [-0.2, -0.15) is 0 Å². The zero-order valence-electron chi connectivity index (χ0n) is 16.1. The Balaban J connectivity index is 2.28. The zero-order valence-corrected chi connectivity index (χ0v) is 18.5. The highest BCUT2D eigenvalue weighted by Crippen LogP contribution is 2.27. The minimum Gasteiger partial charge on any atom is -0.256 e. The third-order valence-corrected chi connectivity index (χ3v) is 7.15. The van der Waals surface area contributed by atoms with Gasteiger partial charge in [-0.05, 0) is 53.4 Å². The summed E-state index contributed by atoms with van der Waals surface area (Å²) in [7, 11) is -3.64. The molecule has 0 heterocycles. The molecule has 0 N–H and O–H groups in total. The van der Waals surface area contributed by atoms with Crippen LogP contribution in [0.15, 0.2) is 70.2 Å². The van der Waals surface area contributed by atoms with Crippen LogP contribution < -0.4 is 0 Å². The van der Waals surface area contributed by atoms with Crippen LogP contribution in [0.4, 0.5) is 0 Å². The SMILES string of the molecule is CCCCCC/C=C(/Br)N(Cc1ccccc1)S(=O)(=O)c1ccc(C)cc1. The molecule has 0 unspecified atom stereocenters. The molecule has 0 saturated carbocycles. The molecule has 0 atom stereocenters. The van der Waals surface area contributed by atoms with Crippen molar-refractivity contribution in [2.24, 2.45) is 0 Å². The molecule has 0 saturated heterocycles.